The number of likely N-dealkylation sites (N-methyl/N-ethyl adjacent to an activating group) is 2. The van der Waals surface area contributed by atoms with E-state index < -0.39 is 36.4 Å². The van der Waals surface area contributed by atoms with E-state index >= 15 is 0 Å². The SMILES string of the molecule is CN1CC[C@@]23c4c5ccc(OC(=O)c6cccc(C(=O)Oc7ccc8c9c7O[C@H]7[C@H](O)C=CC%10[C@H](C8)N(C)CC[C@]9%107)c6)c4O[C@@H]2[C@H](O)C=CC3[C@@H]1C5. The number of benzene rings is 3. The summed E-state index contributed by atoms with van der Waals surface area (Å²) in [7, 11) is 4.32. The van der Waals surface area contributed by atoms with Crippen molar-refractivity contribution in [2.75, 3.05) is 27.2 Å². The van der Waals surface area contributed by atoms with Gasteiger partial charge in [0.1, 0.15) is 24.4 Å². The largest absolute Gasteiger partial charge is 0.482 e. The Balaban J connectivity index is 0.880. The fourth-order valence-electron chi connectivity index (χ4n) is 11.7. The van der Waals surface area contributed by atoms with Gasteiger partial charge in [0.15, 0.2) is 23.0 Å². The van der Waals surface area contributed by atoms with E-state index in [4.69, 9.17) is 18.9 Å². The molecule has 2 unspecified atom stereocenters. The van der Waals surface area contributed by atoms with Gasteiger partial charge in [0.2, 0.25) is 0 Å². The van der Waals surface area contributed by atoms with Gasteiger partial charge in [-0.25, -0.2) is 9.59 Å². The first kappa shape index (κ1) is 31.1. The van der Waals surface area contributed by atoms with Crippen molar-refractivity contribution in [3.63, 3.8) is 0 Å². The van der Waals surface area contributed by atoms with Crippen molar-refractivity contribution in [2.45, 2.75) is 73.0 Å². The van der Waals surface area contributed by atoms with Crippen LogP contribution in [0.15, 0.2) is 72.8 Å². The highest BCUT2D eigenvalue weighted by Crippen LogP contribution is 2.64. The predicted octanol–water partition coefficient (Wildman–Crippen LogP) is 3.74. The quantitative estimate of drug-likeness (QED) is 0.237. The summed E-state index contributed by atoms with van der Waals surface area (Å²) in [5.41, 5.74) is 4.10. The van der Waals surface area contributed by atoms with E-state index in [1.807, 2.05) is 24.3 Å². The number of aliphatic hydroxyl groups is 2. The van der Waals surface area contributed by atoms with Crippen LogP contribution < -0.4 is 18.9 Å². The molecule has 0 amide bonds. The molecule has 10 atom stereocenters. The lowest BCUT2D eigenvalue weighted by Crippen LogP contribution is -2.64. The van der Waals surface area contributed by atoms with Crippen LogP contribution in [0, 0.1) is 11.8 Å². The summed E-state index contributed by atoms with van der Waals surface area (Å²) in [5.74, 6) is 0.823. The molecule has 3 aromatic carbocycles. The average Bonchev–Trinajstić information content (AvgIpc) is 3.69. The minimum atomic E-state index is -0.760. The van der Waals surface area contributed by atoms with Gasteiger partial charge in [0, 0.05) is 45.9 Å². The topological polar surface area (TPSA) is 118 Å². The summed E-state index contributed by atoms with van der Waals surface area (Å²) in [6.07, 6.45) is 8.99. The third-order valence-electron chi connectivity index (χ3n) is 14.0. The fourth-order valence-corrected chi connectivity index (χ4v) is 11.7. The standard InChI is InChI=1S/C42H40N2O8/c1-43-16-14-41-25-8-10-29(45)37(41)51-35-31(12-6-21(33(35)41)19-27(25)43)49-39(47)23-4-3-5-24(18-23)40(48)50-32-13-7-22-20-28-26-9-11-30(46)38-42(26,15-17-44(28)2)34(22)36(32)52-38/h3-13,18,25-30,37-38,45-46H,14-17,19-20H2,1-2H3/t25?,26?,27-,28-,29+,30+,37-,38+,41+,42+/m0/s1. The van der Waals surface area contributed by atoms with Crippen molar-refractivity contribution >= 4 is 11.9 Å². The van der Waals surface area contributed by atoms with Gasteiger partial charge in [0.05, 0.1) is 11.1 Å². The van der Waals surface area contributed by atoms with Gasteiger partial charge in [0.25, 0.3) is 0 Å². The van der Waals surface area contributed by atoms with E-state index in [-0.39, 0.29) is 33.8 Å². The third kappa shape index (κ3) is 3.83. The summed E-state index contributed by atoms with van der Waals surface area (Å²) in [4.78, 5) is 32.2. The van der Waals surface area contributed by atoms with Gasteiger partial charge < -0.3 is 39.0 Å². The van der Waals surface area contributed by atoms with Crippen molar-refractivity contribution in [3.05, 3.63) is 106 Å². The lowest BCUT2D eigenvalue weighted by Gasteiger charge is -2.56. The normalized spacial score (nSPS) is 36.7. The molecule has 8 aliphatic rings. The van der Waals surface area contributed by atoms with Crippen LogP contribution in [0.4, 0.5) is 0 Å². The zero-order chi connectivity index (χ0) is 35.3. The lowest BCUT2D eigenvalue weighted by molar-refractivity contribution is -0.0453. The molecule has 10 nitrogen and oxygen atoms in total. The molecule has 52 heavy (non-hydrogen) atoms. The molecule has 11 rings (SSSR count). The molecule has 3 aromatic rings. The first-order valence-electron chi connectivity index (χ1n) is 18.5. The Hall–Kier alpha value is -4.48. The van der Waals surface area contributed by atoms with Crippen LogP contribution in [0.25, 0.3) is 0 Å². The van der Waals surface area contributed by atoms with Crippen LogP contribution in [0.3, 0.4) is 0 Å². The van der Waals surface area contributed by atoms with Gasteiger partial charge in [-0.05, 0) is 94.3 Å². The minimum absolute atomic E-state index is 0.192. The molecule has 0 saturated carbocycles. The van der Waals surface area contributed by atoms with Gasteiger partial charge in [-0.3, -0.25) is 0 Å². The molecular formula is C42H40N2O8. The molecule has 266 valence electrons. The highest BCUT2D eigenvalue weighted by Gasteiger charge is 2.65. The number of hydrogen-bond donors (Lipinski definition) is 2. The molecule has 4 heterocycles. The number of aliphatic hydroxyl groups excluding tert-OH is 2. The molecule has 10 heteroatoms. The van der Waals surface area contributed by atoms with Crippen LogP contribution in [-0.2, 0) is 23.7 Å². The van der Waals surface area contributed by atoms with Crippen LogP contribution in [0.5, 0.6) is 23.0 Å². The monoisotopic (exact) mass is 700 g/mol. The van der Waals surface area contributed by atoms with E-state index in [2.05, 4.69) is 36.0 Å². The minimum Gasteiger partial charge on any atom is -0.482 e. The zero-order valence-electron chi connectivity index (χ0n) is 29.0. The number of carbonyl (C=O) groups is 2. The van der Waals surface area contributed by atoms with Gasteiger partial charge in [-0.15, -0.1) is 0 Å². The molecule has 4 aliphatic carbocycles. The van der Waals surface area contributed by atoms with Crippen LogP contribution >= 0.6 is 0 Å². The number of esters is 2. The molecular weight excluding hydrogens is 660 g/mol. The van der Waals surface area contributed by atoms with Crippen molar-refractivity contribution in [1.82, 2.24) is 9.80 Å². The first-order chi connectivity index (χ1) is 25.2. The van der Waals surface area contributed by atoms with Crippen molar-refractivity contribution in [2.24, 2.45) is 11.8 Å². The Labute approximate surface area is 301 Å². The molecule has 4 bridgehead atoms. The molecule has 2 spiro atoms. The summed E-state index contributed by atoms with van der Waals surface area (Å²) in [6.45, 7) is 1.79. The molecule has 4 aliphatic heterocycles. The first-order valence-corrected chi connectivity index (χ1v) is 18.5. The van der Waals surface area contributed by atoms with Gasteiger partial charge in [-0.2, -0.15) is 0 Å². The number of ether oxygens (including phenoxy) is 4. The van der Waals surface area contributed by atoms with Gasteiger partial charge >= 0.3 is 11.9 Å². The van der Waals surface area contributed by atoms with E-state index in [1.54, 1.807) is 30.3 Å². The second kappa shape index (κ2) is 10.6. The molecule has 2 fully saturated rings. The predicted molar refractivity (Wildman–Crippen MR) is 188 cm³/mol. The summed E-state index contributed by atoms with van der Waals surface area (Å²) in [5, 5.41) is 22.2. The Bertz CT molecular complexity index is 2020. The number of piperidine rings is 2. The number of likely N-dealkylation sites (tertiary alicyclic amines) is 2. The maximum absolute atomic E-state index is 13.7. The maximum Gasteiger partial charge on any atom is 0.343 e. The average molecular weight is 701 g/mol. The molecule has 0 aromatic heterocycles. The highest BCUT2D eigenvalue weighted by molar-refractivity contribution is 5.97. The number of carbonyl (C=O) groups excluding carboxylic acids is 2. The summed E-state index contributed by atoms with van der Waals surface area (Å²) >= 11 is 0. The van der Waals surface area contributed by atoms with E-state index in [0.717, 1.165) is 49.9 Å². The van der Waals surface area contributed by atoms with Gasteiger partial charge in [-0.1, -0.05) is 42.5 Å². The third-order valence-corrected chi connectivity index (χ3v) is 14.0. The van der Waals surface area contributed by atoms with E-state index in [1.165, 1.54) is 17.2 Å². The maximum atomic E-state index is 13.7. The Kier molecular flexibility index (Phi) is 6.31. The molecule has 0 radical (unpaired) electrons. The second-order valence-electron chi connectivity index (χ2n) is 16.2. The Morgan fingerprint density at radius 3 is 1.62 bits per heavy atom. The number of hydrogen-bond acceptors (Lipinski definition) is 10. The summed E-state index contributed by atoms with van der Waals surface area (Å²) < 4.78 is 25.1. The fraction of sp³-hybridized carbons (Fsp3) is 0.429. The molecule has 2 N–H and O–H groups in total. The van der Waals surface area contributed by atoms with Crippen molar-refractivity contribution < 1.29 is 38.7 Å². The zero-order valence-corrected chi connectivity index (χ0v) is 29.0. The van der Waals surface area contributed by atoms with Crippen LogP contribution in [-0.4, -0.2) is 95.6 Å². The lowest BCUT2D eigenvalue weighted by atomic mass is 9.53. The van der Waals surface area contributed by atoms with Crippen molar-refractivity contribution in [3.8, 4) is 23.0 Å². The van der Waals surface area contributed by atoms with Crippen LogP contribution in [0.1, 0.15) is 55.8 Å². The Morgan fingerprint density at radius 1 is 0.692 bits per heavy atom. The highest BCUT2D eigenvalue weighted by atomic mass is 16.6. The Morgan fingerprint density at radius 2 is 1.15 bits per heavy atom. The van der Waals surface area contributed by atoms with Crippen LogP contribution in [0.2, 0.25) is 0 Å². The van der Waals surface area contributed by atoms with Crippen molar-refractivity contribution in [1.29, 1.82) is 0 Å². The second-order valence-corrected chi connectivity index (χ2v) is 16.2. The van der Waals surface area contributed by atoms with E-state index in [0.29, 0.717) is 35.1 Å². The smallest absolute Gasteiger partial charge is 0.343 e. The number of rotatable bonds is 4. The summed E-state index contributed by atoms with van der Waals surface area (Å²) in [6, 6.07) is 14.6. The number of nitrogens with zero attached hydrogens (tertiary/aromatic N) is 2. The molecule has 2 saturated heterocycles. The van der Waals surface area contributed by atoms with E-state index in [9.17, 15) is 19.8 Å².